The van der Waals surface area contributed by atoms with Crippen LogP contribution in [-0.2, 0) is 80.3 Å². The average molecular weight is 1970 g/mol. The van der Waals surface area contributed by atoms with E-state index >= 15 is 0 Å². The summed E-state index contributed by atoms with van der Waals surface area (Å²) >= 11 is 0. The third kappa shape index (κ3) is 16.3. The standard InChI is InChI=1S/C27H24FN9O.C27H23FN8O.C27H27FN6O.C26H22FN9O/c1-3-37-14-16(11-31-37)27(26-36-35-15(2)38-26)24-19(18-6-4-5-7-20(18)32-24)10-22(34-27)25-30-13-23(33-25)21-9-8-17(28)12-29-21;1-15-31-26(35-37-15)27(17-12-30-36(2)14-17)24-20(19-5-3-4-6-21(19)32-24)11-22(34-27)25-29-13-23(33-25)16-7-9-18(28)10-8-16;1-3-35-16-27(18-13-30-34(2)15-18)25-21(20-6-4-5-7-22(20)31-25)12-23(33-27)26-29-14-24(32-26)17-8-10-19(28)11-9-17;1-14-31-25(35-37-14)26(15-10-30-36(2)13-15)23-18(17-5-3-4-6-19(17)32-23)9-21(34-26)24-29-12-22(33-24)20-8-7-16(27)11-28-20/h4-9,11-14,22,32,34H,3,10H2,1-2H3,(H,30,33);3-10,12-14,22,32,34H,11H2,1-2H3,(H,29,33);4-11,13-15,23,31,33H,3,12,16H2,1-2H3,(H,29,32);3-8,10-13,21,32,34H,9H2,1-2H3,(H,29,33)/t2*22-,27?;23-,27?;21-,26?/m1111/s1. The van der Waals surface area contributed by atoms with Crippen molar-refractivity contribution in [2.45, 2.75) is 113 Å². The summed E-state index contributed by atoms with van der Waals surface area (Å²) in [6.07, 6.45) is 27.5. The normalized spacial score (nSPS) is 19.4. The maximum atomic E-state index is 13.5. The van der Waals surface area contributed by atoms with Crippen molar-refractivity contribution >= 4 is 43.6 Å². The van der Waals surface area contributed by atoms with E-state index in [4.69, 9.17) is 38.1 Å². The molecule has 0 radical (unpaired) electrons. The molecular weight excluding hydrogens is 1870 g/mol. The van der Waals surface area contributed by atoms with E-state index in [-0.39, 0.29) is 47.4 Å². The quantitative estimate of drug-likeness (QED) is 0.0335. The van der Waals surface area contributed by atoms with Crippen LogP contribution in [0.15, 0.2) is 270 Å². The summed E-state index contributed by atoms with van der Waals surface area (Å²) in [4.78, 5) is 64.9. The minimum absolute atomic E-state index is 0.100. The third-order valence-corrected chi connectivity index (χ3v) is 28.0. The Morgan fingerprint density at radius 1 is 0.361 bits per heavy atom. The molecule has 21 heterocycles. The minimum Gasteiger partial charge on any atom is -0.423 e. The van der Waals surface area contributed by atoms with E-state index in [1.807, 2.05) is 143 Å². The molecule has 0 saturated carbocycles. The highest BCUT2D eigenvalue weighted by Crippen LogP contribution is 2.52. The first-order chi connectivity index (χ1) is 71.6. The van der Waals surface area contributed by atoms with Gasteiger partial charge in [0.25, 0.3) is 0 Å². The van der Waals surface area contributed by atoms with Gasteiger partial charge < -0.3 is 58.1 Å². The smallest absolute Gasteiger partial charge is 0.247 e. The molecule has 36 nitrogen and oxygen atoms in total. The summed E-state index contributed by atoms with van der Waals surface area (Å²) < 4.78 is 84.1. The zero-order valence-corrected chi connectivity index (χ0v) is 80.6. The lowest BCUT2D eigenvalue weighted by Crippen LogP contribution is -2.53. The number of benzene rings is 6. The van der Waals surface area contributed by atoms with Gasteiger partial charge in [0.1, 0.15) is 52.1 Å². The molecule has 736 valence electrons. The Kier molecular flexibility index (Phi) is 23.1. The van der Waals surface area contributed by atoms with E-state index in [9.17, 15) is 17.6 Å². The van der Waals surface area contributed by atoms with Crippen LogP contribution in [0.2, 0.25) is 0 Å². The molecule has 4 aliphatic rings. The number of fused-ring (bicyclic) bond motifs is 12. The van der Waals surface area contributed by atoms with E-state index < -0.39 is 22.2 Å². The Morgan fingerprint density at radius 2 is 0.728 bits per heavy atom. The number of aromatic amines is 8. The topological polar surface area (TPSA) is 449 Å². The van der Waals surface area contributed by atoms with E-state index in [1.165, 1.54) is 59.7 Å². The number of nitrogens with one attached hydrogen (secondary N) is 12. The predicted octanol–water partition coefficient (Wildman–Crippen LogP) is 16.8. The van der Waals surface area contributed by atoms with Gasteiger partial charge in [-0.05, 0) is 170 Å². The molecule has 4 unspecified atom stereocenters. The molecular formula is C107H96F4N32O4. The molecule has 12 N–H and O–H groups in total. The second-order valence-electron chi connectivity index (χ2n) is 37.2. The monoisotopic (exact) mass is 1970 g/mol. The van der Waals surface area contributed by atoms with Gasteiger partial charge in [0, 0.05) is 151 Å². The Hall–Kier alpha value is -17.6. The summed E-state index contributed by atoms with van der Waals surface area (Å²) in [5.41, 5.74) is 18.8. The summed E-state index contributed by atoms with van der Waals surface area (Å²) in [6, 6.07) is 51.0. The molecule has 4 aliphatic heterocycles. The molecule has 8 atom stereocenters. The Labute approximate surface area is 834 Å². The van der Waals surface area contributed by atoms with E-state index in [0.717, 1.165) is 141 Å². The van der Waals surface area contributed by atoms with Crippen LogP contribution in [0.5, 0.6) is 0 Å². The zero-order valence-electron chi connectivity index (χ0n) is 80.6. The number of aryl methyl sites for hydroxylation is 7. The SMILES string of the molecule is CCOCC1(c2cnn(C)c2)N[C@@H](c2ncc(-c3ccc(F)cc3)[nH]2)Cc2c1[nH]c1ccccc21.CCn1cc(C2(c3nnc(C)o3)N[C@@H](c3ncc(-c4ccc(F)cn4)[nH]3)Cc3c2[nH]c2ccccc32)cn1.Cc1nc(C2(c3cnn(C)c3)N[C@@H](c3ncc(-c4ccc(F)cc4)[nH]3)Cc3c2[nH]c2ccccc32)no1.Cc1nc(C2(c3cnn(C)c3)N[C@@H](c3ncc(-c4ccc(F)cn4)[nH]3)Cc3c2[nH]c2ccccc32)no1. The highest BCUT2D eigenvalue weighted by atomic mass is 19.1. The van der Waals surface area contributed by atoms with Gasteiger partial charge in [0.2, 0.25) is 35.2 Å². The van der Waals surface area contributed by atoms with Gasteiger partial charge in [-0.1, -0.05) is 83.1 Å². The van der Waals surface area contributed by atoms with Crippen molar-refractivity contribution in [1.29, 1.82) is 0 Å². The lowest BCUT2D eigenvalue weighted by molar-refractivity contribution is 0.0795. The van der Waals surface area contributed by atoms with Gasteiger partial charge in [-0.25, -0.2) is 37.5 Å². The summed E-state index contributed by atoms with van der Waals surface area (Å²) in [5, 5.41) is 55.2. The van der Waals surface area contributed by atoms with Crippen LogP contribution < -0.4 is 21.3 Å². The number of H-pyrrole nitrogens is 8. The molecule has 0 fully saturated rings. The molecule has 0 amide bonds. The fourth-order valence-electron chi connectivity index (χ4n) is 21.2. The van der Waals surface area contributed by atoms with Crippen LogP contribution in [0.1, 0.15) is 164 Å². The van der Waals surface area contributed by atoms with Crippen molar-refractivity contribution < 1.29 is 35.8 Å². The van der Waals surface area contributed by atoms with Gasteiger partial charge in [0.05, 0.1) is 144 Å². The maximum absolute atomic E-state index is 13.5. The zero-order chi connectivity index (χ0) is 100. The summed E-state index contributed by atoms with van der Waals surface area (Å²) in [7, 11) is 5.68. The van der Waals surface area contributed by atoms with Crippen molar-refractivity contribution in [3.05, 3.63) is 406 Å². The minimum atomic E-state index is -1.01. The molecule has 23 aromatic rings. The molecule has 27 rings (SSSR count). The summed E-state index contributed by atoms with van der Waals surface area (Å²) in [5.74, 6) is 4.46. The number of aromatic nitrogens is 28. The second kappa shape index (κ2) is 37.0. The molecule has 0 saturated heterocycles. The molecule has 147 heavy (non-hydrogen) atoms. The van der Waals surface area contributed by atoms with Gasteiger partial charge in [-0.2, -0.15) is 30.4 Å². The highest BCUT2D eigenvalue weighted by molar-refractivity contribution is 5.90. The van der Waals surface area contributed by atoms with Crippen molar-refractivity contribution in [2.75, 3.05) is 13.2 Å². The average Bonchev–Trinajstić information content (AvgIpc) is 1.56. The number of hydrogen-bond acceptors (Lipinski definition) is 24. The number of para-hydroxylation sites is 4. The van der Waals surface area contributed by atoms with Crippen molar-refractivity contribution in [3.8, 4) is 45.3 Å². The molecule has 0 spiro atoms. The molecule has 17 aromatic heterocycles. The number of ether oxygens (including phenoxy) is 1. The second-order valence-corrected chi connectivity index (χ2v) is 37.2. The third-order valence-electron chi connectivity index (χ3n) is 28.0. The number of hydrogen-bond donors (Lipinski definition) is 12. The lowest BCUT2D eigenvalue weighted by Gasteiger charge is -2.41. The van der Waals surface area contributed by atoms with Crippen LogP contribution in [0, 0.1) is 44.0 Å². The Balaban J connectivity index is 0.000000105. The molecule has 0 aliphatic carbocycles. The first-order valence-corrected chi connectivity index (χ1v) is 48.1. The number of rotatable bonds is 19. The number of halogens is 4. The molecule has 6 aromatic carbocycles. The van der Waals surface area contributed by atoms with Crippen molar-refractivity contribution in [1.82, 2.24) is 161 Å². The lowest BCUT2D eigenvalue weighted by atomic mass is 9.79. The Morgan fingerprint density at radius 3 is 1.10 bits per heavy atom. The van der Waals surface area contributed by atoms with Crippen molar-refractivity contribution in [3.63, 3.8) is 0 Å². The molecule has 40 heteroatoms. The van der Waals surface area contributed by atoms with Crippen LogP contribution >= 0.6 is 0 Å². The predicted molar refractivity (Wildman–Crippen MR) is 535 cm³/mol. The fraction of sp³-hybridized carbons (Fsp3) is 0.215. The Bertz CT molecular complexity index is 8400. The van der Waals surface area contributed by atoms with Crippen LogP contribution in [0.25, 0.3) is 88.9 Å². The van der Waals surface area contributed by atoms with E-state index in [2.05, 4.69) is 177 Å². The maximum Gasteiger partial charge on any atom is 0.247 e. The largest absolute Gasteiger partial charge is 0.423 e. The van der Waals surface area contributed by atoms with Gasteiger partial charge >= 0.3 is 0 Å². The first-order valence-electron chi connectivity index (χ1n) is 48.1. The number of imidazole rings is 4. The van der Waals surface area contributed by atoms with Crippen LogP contribution in [0.3, 0.4) is 0 Å². The van der Waals surface area contributed by atoms with Crippen LogP contribution in [-0.4, -0.2) is 153 Å². The van der Waals surface area contributed by atoms with Gasteiger partial charge in [-0.3, -0.25) is 50.0 Å². The van der Waals surface area contributed by atoms with Crippen molar-refractivity contribution in [2.24, 2.45) is 21.1 Å². The van der Waals surface area contributed by atoms with Gasteiger partial charge in [-0.15, -0.1) is 10.2 Å². The first kappa shape index (κ1) is 91.9. The van der Waals surface area contributed by atoms with Crippen LogP contribution in [0.4, 0.5) is 17.6 Å². The summed E-state index contributed by atoms with van der Waals surface area (Å²) in [6.45, 7) is 11.1. The molecule has 0 bridgehead atoms. The van der Waals surface area contributed by atoms with E-state index in [1.54, 1.807) is 85.1 Å². The van der Waals surface area contributed by atoms with Gasteiger partial charge in [0.15, 0.2) is 16.6 Å². The number of pyridine rings is 2. The van der Waals surface area contributed by atoms with E-state index in [0.29, 0.717) is 109 Å². The highest BCUT2D eigenvalue weighted by Gasteiger charge is 2.55. The fourth-order valence-corrected chi connectivity index (χ4v) is 21.2. The number of nitrogens with zero attached hydrogens (tertiary/aromatic N) is 20.